The van der Waals surface area contributed by atoms with E-state index in [4.69, 9.17) is 0 Å². The molecular formula is C27H44O6. The number of aliphatic hydroxyl groups excluding tert-OH is 3. The molecule has 4 aliphatic rings. The third-order valence-electron chi connectivity index (χ3n) is 10.2. The Balaban J connectivity index is 1.63. The number of hydrogen-bond acceptors (Lipinski definition) is 6. The van der Waals surface area contributed by atoms with Crippen molar-refractivity contribution in [3.05, 3.63) is 11.1 Å². The summed E-state index contributed by atoms with van der Waals surface area (Å²) in [5.41, 5.74) is -0.269. The van der Waals surface area contributed by atoms with Crippen LogP contribution in [0.3, 0.4) is 0 Å². The first-order valence-corrected chi connectivity index (χ1v) is 12.9. The number of carbonyl (C=O) groups excluding carboxylic acids is 1. The van der Waals surface area contributed by atoms with Gasteiger partial charge in [0.15, 0.2) is 0 Å². The molecule has 0 aromatic rings. The molecule has 2 fully saturated rings. The van der Waals surface area contributed by atoms with E-state index in [9.17, 15) is 30.3 Å². The van der Waals surface area contributed by atoms with Crippen molar-refractivity contribution in [1.29, 1.82) is 0 Å². The molecule has 0 saturated heterocycles. The summed E-state index contributed by atoms with van der Waals surface area (Å²) in [6, 6.07) is 0. The molecule has 9 atom stereocenters. The summed E-state index contributed by atoms with van der Waals surface area (Å²) in [7, 11) is 0. The fourth-order valence-electron chi connectivity index (χ4n) is 8.28. The molecule has 0 amide bonds. The Labute approximate surface area is 198 Å². The SMILES string of the molecule is CC(C)(O)CC[C@@H](O)[C@](C)(O)[C@H]1CC[C@H]2C3=C(CC[C@]12C)[C@@]1(C)C[C@H](O)[C@H](O)C[C@H]1C(=O)C3. The number of Topliss-reactive ketones (excluding diaryl/α,β-unsaturated/α-hetero) is 1. The van der Waals surface area contributed by atoms with Gasteiger partial charge in [0.25, 0.3) is 0 Å². The summed E-state index contributed by atoms with van der Waals surface area (Å²) in [5.74, 6) is 0.0278. The second-order valence-electron chi connectivity index (χ2n) is 13.0. The number of rotatable bonds is 5. The van der Waals surface area contributed by atoms with Crippen LogP contribution in [0.25, 0.3) is 0 Å². The van der Waals surface area contributed by atoms with E-state index in [0.29, 0.717) is 32.1 Å². The quantitative estimate of drug-likeness (QED) is 0.399. The van der Waals surface area contributed by atoms with Crippen molar-refractivity contribution in [3.63, 3.8) is 0 Å². The molecule has 0 spiro atoms. The lowest BCUT2D eigenvalue weighted by atomic mass is 9.49. The maximum atomic E-state index is 13.3. The number of aliphatic hydroxyl groups is 5. The summed E-state index contributed by atoms with van der Waals surface area (Å²) in [6.45, 7) is 9.49. The molecule has 0 heterocycles. The summed E-state index contributed by atoms with van der Waals surface area (Å²) >= 11 is 0. The van der Waals surface area contributed by atoms with Crippen molar-refractivity contribution in [3.8, 4) is 0 Å². The van der Waals surface area contributed by atoms with Crippen LogP contribution in [0, 0.1) is 28.6 Å². The van der Waals surface area contributed by atoms with Crippen molar-refractivity contribution >= 4 is 5.78 Å². The lowest BCUT2D eigenvalue weighted by Crippen LogP contribution is -2.55. The molecular weight excluding hydrogens is 420 g/mol. The Morgan fingerprint density at radius 1 is 1.06 bits per heavy atom. The van der Waals surface area contributed by atoms with Crippen LogP contribution >= 0.6 is 0 Å². The van der Waals surface area contributed by atoms with Crippen molar-refractivity contribution in [2.45, 2.75) is 122 Å². The van der Waals surface area contributed by atoms with Crippen LogP contribution in [0.5, 0.6) is 0 Å². The van der Waals surface area contributed by atoms with Gasteiger partial charge in [-0.2, -0.15) is 0 Å². The standard InChI is InChI=1S/C27H44O6/c1-24(2,32)10-9-23(31)27(5,33)22-7-6-16-15-12-19(28)18-13-20(29)21(30)14-26(18,4)17(15)8-11-25(16,22)3/h16,18,20-23,29-33H,6-14H2,1-5H3/t16-,18-,20+,21-,22-,23+,25-,26+,27+/m0/s1. The molecule has 0 aromatic carbocycles. The Morgan fingerprint density at radius 2 is 1.73 bits per heavy atom. The monoisotopic (exact) mass is 464 g/mol. The van der Waals surface area contributed by atoms with Crippen molar-refractivity contribution in [2.24, 2.45) is 28.6 Å². The van der Waals surface area contributed by atoms with Gasteiger partial charge in [-0.3, -0.25) is 4.79 Å². The molecule has 4 rings (SSSR count). The largest absolute Gasteiger partial charge is 0.390 e. The molecule has 6 nitrogen and oxygen atoms in total. The van der Waals surface area contributed by atoms with Crippen LogP contribution in [-0.2, 0) is 4.79 Å². The highest BCUT2D eigenvalue weighted by Gasteiger charge is 2.61. The third kappa shape index (κ3) is 4.04. The molecule has 0 aliphatic heterocycles. The molecule has 5 N–H and O–H groups in total. The predicted molar refractivity (Wildman–Crippen MR) is 125 cm³/mol. The van der Waals surface area contributed by atoms with E-state index in [1.807, 2.05) is 0 Å². The van der Waals surface area contributed by atoms with E-state index in [-0.39, 0.29) is 29.0 Å². The van der Waals surface area contributed by atoms with Crippen LogP contribution in [0.15, 0.2) is 11.1 Å². The molecule has 188 valence electrons. The number of carbonyl (C=O) groups is 1. The molecule has 2 saturated carbocycles. The minimum atomic E-state index is -1.27. The van der Waals surface area contributed by atoms with Gasteiger partial charge in [0.2, 0.25) is 0 Å². The van der Waals surface area contributed by atoms with Gasteiger partial charge >= 0.3 is 0 Å². The fraction of sp³-hybridized carbons (Fsp3) is 0.889. The van der Waals surface area contributed by atoms with E-state index < -0.39 is 34.9 Å². The molecule has 0 bridgehead atoms. The van der Waals surface area contributed by atoms with E-state index in [0.717, 1.165) is 25.7 Å². The minimum absolute atomic E-state index is 0.0970. The van der Waals surface area contributed by atoms with Gasteiger partial charge in [-0.1, -0.05) is 25.0 Å². The van der Waals surface area contributed by atoms with Gasteiger partial charge in [-0.05, 0) is 89.4 Å². The lowest BCUT2D eigenvalue weighted by molar-refractivity contribution is -0.143. The maximum Gasteiger partial charge on any atom is 0.140 e. The fourth-order valence-corrected chi connectivity index (χ4v) is 8.28. The Hall–Kier alpha value is -0.790. The Morgan fingerprint density at radius 3 is 2.36 bits per heavy atom. The highest BCUT2D eigenvalue weighted by atomic mass is 16.3. The van der Waals surface area contributed by atoms with E-state index in [1.165, 1.54) is 11.1 Å². The smallest absolute Gasteiger partial charge is 0.140 e. The molecule has 0 aromatic heterocycles. The molecule has 0 unspecified atom stereocenters. The first kappa shape index (κ1) is 25.3. The Kier molecular flexibility index (Phi) is 6.23. The molecule has 0 radical (unpaired) electrons. The summed E-state index contributed by atoms with van der Waals surface area (Å²) < 4.78 is 0. The second kappa shape index (κ2) is 8.12. The Bertz CT molecular complexity index is 825. The van der Waals surface area contributed by atoms with Gasteiger partial charge in [0.05, 0.1) is 29.5 Å². The van der Waals surface area contributed by atoms with Crippen molar-refractivity contribution < 1.29 is 30.3 Å². The first-order valence-electron chi connectivity index (χ1n) is 12.9. The van der Waals surface area contributed by atoms with Crippen molar-refractivity contribution in [1.82, 2.24) is 0 Å². The average molecular weight is 465 g/mol. The van der Waals surface area contributed by atoms with E-state index in [1.54, 1.807) is 20.8 Å². The highest BCUT2D eigenvalue weighted by molar-refractivity contribution is 5.87. The molecule has 33 heavy (non-hydrogen) atoms. The van der Waals surface area contributed by atoms with E-state index >= 15 is 0 Å². The van der Waals surface area contributed by atoms with Gasteiger partial charge in [0.1, 0.15) is 5.78 Å². The minimum Gasteiger partial charge on any atom is -0.390 e. The number of hydrogen-bond donors (Lipinski definition) is 5. The van der Waals surface area contributed by atoms with Gasteiger partial charge in [0, 0.05) is 17.8 Å². The van der Waals surface area contributed by atoms with Crippen LogP contribution in [0.1, 0.15) is 92.4 Å². The van der Waals surface area contributed by atoms with Gasteiger partial charge in [-0.25, -0.2) is 0 Å². The normalized spacial score (nSPS) is 44.1. The van der Waals surface area contributed by atoms with Crippen LogP contribution < -0.4 is 0 Å². The topological polar surface area (TPSA) is 118 Å². The van der Waals surface area contributed by atoms with Crippen LogP contribution in [-0.4, -0.2) is 60.8 Å². The number of fused-ring (bicyclic) bond motifs is 4. The lowest BCUT2D eigenvalue weighted by Gasteiger charge is -2.55. The predicted octanol–water partition coefficient (Wildman–Crippen LogP) is 2.88. The third-order valence-corrected chi connectivity index (χ3v) is 10.2. The average Bonchev–Trinajstić information content (AvgIpc) is 3.06. The first-order chi connectivity index (χ1) is 15.1. The summed E-state index contributed by atoms with van der Waals surface area (Å²) in [4.78, 5) is 13.3. The van der Waals surface area contributed by atoms with Crippen molar-refractivity contribution in [2.75, 3.05) is 0 Å². The zero-order valence-electron chi connectivity index (χ0n) is 21.0. The van der Waals surface area contributed by atoms with Crippen LogP contribution in [0.2, 0.25) is 0 Å². The number of ketones is 1. The van der Waals surface area contributed by atoms with Gasteiger partial charge < -0.3 is 25.5 Å². The van der Waals surface area contributed by atoms with E-state index in [2.05, 4.69) is 13.8 Å². The van der Waals surface area contributed by atoms with Crippen LogP contribution in [0.4, 0.5) is 0 Å². The highest BCUT2D eigenvalue weighted by Crippen LogP contribution is 2.66. The zero-order chi connectivity index (χ0) is 24.6. The zero-order valence-corrected chi connectivity index (χ0v) is 21.0. The number of allylic oxidation sites excluding steroid dienone is 2. The van der Waals surface area contributed by atoms with Gasteiger partial charge in [-0.15, -0.1) is 0 Å². The summed E-state index contributed by atoms with van der Waals surface area (Å²) in [5, 5.41) is 53.3. The maximum absolute atomic E-state index is 13.3. The molecule has 6 heteroatoms. The summed E-state index contributed by atoms with van der Waals surface area (Å²) in [6.07, 6.45) is 2.73. The second-order valence-corrected chi connectivity index (χ2v) is 13.0. The molecule has 4 aliphatic carbocycles.